The van der Waals surface area contributed by atoms with Crippen LogP contribution >= 0.6 is 0 Å². The second-order valence-electron chi connectivity index (χ2n) is 4.58. The van der Waals surface area contributed by atoms with E-state index in [0.717, 1.165) is 25.7 Å². The SMILES string of the molecule is Nc1ncnc(NC2CCCC(CO)C2)c1N. The Morgan fingerprint density at radius 1 is 1.35 bits per heavy atom. The molecule has 2 unspecified atom stereocenters. The summed E-state index contributed by atoms with van der Waals surface area (Å²) in [5.74, 6) is 1.28. The topological polar surface area (TPSA) is 110 Å². The van der Waals surface area contributed by atoms with Crippen LogP contribution < -0.4 is 16.8 Å². The van der Waals surface area contributed by atoms with Crippen molar-refractivity contribution in [3.8, 4) is 0 Å². The lowest BCUT2D eigenvalue weighted by molar-refractivity contribution is 0.184. The van der Waals surface area contributed by atoms with Gasteiger partial charge in [-0.05, 0) is 25.2 Å². The van der Waals surface area contributed by atoms with Gasteiger partial charge in [0, 0.05) is 12.6 Å². The van der Waals surface area contributed by atoms with Gasteiger partial charge >= 0.3 is 0 Å². The lowest BCUT2D eigenvalue weighted by Crippen LogP contribution is -2.29. The largest absolute Gasteiger partial charge is 0.396 e. The van der Waals surface area contributed by atoms with Crippen LogP contribution in [-0.2, 0) is 0 Å². The predicted octanol–water partition coefficient (Wildman–Crippen LogP) is 0.604. The number of aliphatic hydroxyl groups excluding tert-OH is 1. The summed E-state index contributed by atoms with van der Waals surface area (Å²) in [6.07, 6.45) is 5.62. The van der Waals surface area contributed by atoms with Crippen LogP contribution in [0.2, 0.25) is 0 Å². The molecule has 17 heavy (non-hydrogen) atoms. The second-order valence-corrected chi connectivity index (χ2v) is 4.58. The van der Waals surface area contributed by atoms with Gasteiger partial charge in [0.15, 0.2) is 11.6 Å². The van der Waals surface area contributed by atoms with Crippen molar-refractivity contribution in [2.75, 3.05) is 23.4 Å². The van der Waals surface area contributed by atoms with Crippen LogP contribution in [-0.4, -0.2) is 27.7 Å². The zero-order chi connectivity index (χ0) is 12.3. The first-order valence-electron chi connectivity index (χ1n) is 5.94. The Morgan fingerprint density at radius 2 is 2.18 bits per heavy atom. The average molecular weight is 237 g/mol. The number of nitrogen functional groups attached to an aromatic ring is 2. The summed E-state index contributed by atoms with van der Waals surface area (Å²) >= 11 is 0. The summed E-state index contributed by atoms with van der Waals surface area (Å²) < 4.78 is 0. The fourth-order valence-corrected chi connectivity index (χ4v) is 2.31. The van der Waals surface area contributed by atoms with Gasteiger partial charge in [0.1, 0.15) is 12.0 Å². The Hall–Kier alpha value is -1.56. The molecule has 0 spiro atoms. The number of hydrogen-bond acceptors (Lipinski definition) is 6. The van der Waals surface area contributed by atoms with Crippen molar-refractivity contribution in [2.45, 2.75) is 31.7 Å². The first-order chi connectivity index (χ1) is 8.20. The molecule has 1 aliphatic rings. The molecule has 1 aromatic rings. The van der Waals surface area contributed by atoms with E-state index in [4.69, 9.17) is 11.5 Å². The van der Waals surface area contributed by atoms with Crippen molar-refractivity contribution >= 4 is 17.3 Å². The second kappa shape index (κ2) is 5.18. The standard InChI is InChI=1S/C11H19N5O/c12-9-10(13)14-6-15-11(9)16-8-3-1-2-7(4-8)5-17/h6-8,17H,1-5,12H2,(H3,13,14,15,16). The van der Waals surface area contributed by atoms with Crippen LogP contribution in [0.1, 0.15) is 25.7 Å². The normalized spacial score (nSPS) is 24.5. The molecule has 6 N–H and O–H groups in total. The maximum absolute atomic E-state index is 9.18. The predicted molar refractivity (Wildman–Crippen MR) is 67.3 cm³/mol. The van der Waals surface area contributed by atoms with Gasteiger partial charge in [0.2, 0.25) is 0 Å². The Balaban J connectivity index is 2.02. The number of nitrogens with two attached hydrogens (primary N) is 2. The van der Waals surface area contributed by atoms with Gasteiger partial charge in [-0.2, -0.15) is 0 Å². The molecule has 1 saturated carbocycles. The minimum Gasteiger partial charge on any atom is -0.396 e. The van der Waals surface area contributed by atoms with Crippen molar-refractivity contribution < 1.29 is 5.11 Å². The van der Waals surface area contributed by atoms with Gasteiger partial charge in [-0.1, -0.05) is 6.42 Å². The summed E-state index contributed by atoms with van der Waals surface area (Å²) in [5, 5.41) is 12.5. The maximum atomic E-state index is 9.18. The summed E-state index contributed by atoms with van der Waals surface area (Å²) in [5.41, 5.74) is 11.8. The number of hydrogen-bond donors (Lipinski definition) is 4. The molecule has 94 valence electrons. The van der Waals surface area contributed by atoms with Gasteiger partial charge < -0.3 is 21.9 Å². The molecule has 2 rings (SSSR count). The van der Waals surface area contributed by atoms with Gasteiger partial charge in [-0.25, -0.2) is 9.97 Å². The Morgan fingerprint density at radius 3 is 2.94 bits per heavy atom. The minimum absolute atomic E-state index is 0.250. The average Bonchev–Trinajstić information content (AvgIpc) is 2.35. The van der Waals surface area contributed by atoms with Crippen LogP contribution in [0.5, 0.6) is 0 Å². The van der Waals surface area contributed by atoms with E-state index in [9.17, 15) is 5.11 Å². The van der Waals surface area contributed by atoms with Crippen molar-refractivity contribution in [1.82, 2.24) is 9.97 Å². The summed E-state index contributed by atoms with van der Waals surface area (Å²) in [4.78, 5) is 7.92. The lowest BCUT2D eigenvalue weighted by Gasteiger charge is -2.29. The van der Waals surface area contributed by atoms with E-state index >= 15 is 0 Å². The molecular weight excluding hydrogens is 218 g/mol. The number of aliphatic hydroxyl groups is 1. The van der Waals surface area contributed by atoms with E-state index in [0.29, 0.717) is 29.3 Å². The molecule has 1 aromatic heterocycles. The fraction of sp³-hybridized carbons (Fsp3) is 0.636. The van der Waals surface area contributed by atoms with Crippen molar-refractivity contribution in [2.24, 2.45) is 5.92 Å². The quantitative estimate of drug-likeness (QED) is 0.613. The first-order valence-corrected chi connectivity index (χ1v) is 5.94. The van der Waals surface area contributed by atoms with Crippen molar-refractivity contribution in [3.63, 3.8) is 0 Å². The number of rotatable bonds is 3. The number of nitrogens with one attached hydrogen (secondary N) is 1. The zero-order valence-electron chi connectivity index (χ0n) is 9.76. The molecule has 0 amide bonds. The Bertz CT molecular complexity index is 384. The first kappa shape index (κ1) is 11.9. The monoisotopic (exact) mass is 237 g/mol. The van der Waals surface area contributed by atoms with Crippen LogP contribution in [0, 0.1) is 5.92 Å². The number of anilines is 3. The zero-order valence-corrected chi connectivity index (χ0v) is 9.76. The van der Waals surface area contributed by atoms with Crippen molar-refractivity contribution in [3.05, 3.63) is 6.33 Å². The van der Waals surface area contributed by atoms with Crippen LogP contribution in [0.4, 0.5) is 17.3 Å². The lowest BCUT2D eigenvalue weighted by atomic mass is 9.86. The highest BCUT2D eigenvalue weighted by atomic mass is 16.3. The molecule has 6 heteroatoms. The molecule has 6 nitrogen and oxygen atoms in total. The minimum atomic E-state index is 0.250. The Kier molecular flexibility index (Phi) is 3.63. The molecule has 0 radical (unpaired) electrons. The molecule has 0 aliphatic heterocycles. The van der Waals surface area contributed by atoms with Crippen molar-refractivity contribution in [1.29, 1.82) is 0 Å². The molecular formula is C11H19N5O. The maximum Gasteiger partial charge on any atom is 0.155 e. The molecule has 0 aromatic carbocycles. The molecule has 0 bridgehead atoms. The van der Waals surface area contributed by atoms with Gasteiger partial charge in [0.25, 0.3) is 0 Å². The fourth-order valence-electron chi connectivity index (χ4n) is 2.31. The number of aromatic nitrogens is 2. The molecule has 1 heterocycles. The smallest absolute Gasteiger partial charge is 0.155 e. The third-order valence-electron chi connectivity index (χ3n) is 3.30. The van der Waals surface area contributed by atoms with E-state index in [2.05, 4.69) is 15.3 Å². The van der Waals surface area contributed by atoms with Crippen LogP contribution in [0.25, 0.3) is 0 Å². The van der Waals surface area contributed by atoms with E-state index in [1.165, 1.54) is 6.33 Å². The third-order valence-corrected chi connectivity index (χ3v) is 3.30. The van der Waals surface area contributed by atoms with Gasteiger partial charge in [0.05, 0.1) is 0 Å². The van der Waals surface area contributed by atoms with E-state index < -0.39 is 0 Å². The highest BCUT2D eigenvalue weighted by Gasteiger charge is 2.22. The summed E-state index contributed by atoms with van der Waals surface area (Å²) in [6, 6.07) is 0.303. The summed E-state index contributed by atoms with van der Waals surface area (Å²) in [7, 11) is 0. The summed E-state index contributed by atoms with van der Waals surface area (Å²) in [6.45, 7) is 0.250. The molecule has 1 fully saturated rings. The molecule has 0 saturated heterocycles. The Labute approximate surface area is 100 Å². The highest BCUT2D eigenvalue weighted by molar-refractivity contribution is 5.72. The van der Waals surface area contributed by atoms with Crippen LogP contribution in [0.15, 0.2) is 6.33 Å². The van der Waals surface area contributed by atoms with Gasteiger partial charge in [-0.3, -0.25) is 0 Å². The van der Waals surface area contributed by atoms with E-state index in [1.54, 1.807) is 0 Å². The molecule has 1 aliphatic carbocycles. The van der Waals surface area contributed by atoms with Crippen LogP contribution in [0.3, 0.4) is 0 Å². The van der Waals surface area contributed by atoms with Gasteiger partial charge in [-0.15, -0.1) is 0 Å². The third kappa shape index (κ3) is 2.76. The van der Waals surface area contributed by atoms with E-state index in [1.807, 2.05) is 0 Å². The highest BCUT2D eigenvalue weighted by Crippen LogP contribution is 2.28. The number of nitrogens with zero attached hydrogens (tertiary/aromatic N) is 2. The van der Waals surface area contributed by atoms with E-state index in [-0.39, 0.29) is 6.61 Å². The molecule has 2 atom stereocenters.